The molecule has 0 aromatic heterocycles. The zero-order chi connectivity index (χ0) is 19.2. The fraction of sp³-hybridized carbons (Fsp3) is 0.500. The predicted octanol–water partition coefficient (Wildman–Crippen LogP) is 2.52. The second-order valence-electron chi connectivity index (χ2n) is 6.25. The minimum atomic E-state index is -3.81. The van der Waals surface area contributed by atoms with E-state index in [0.29, 0.717) is 5.75 Å². The summed E-state index contributed by atoms with van der Waals surface area (Å²) >= 11 is 0. The van der Waals surface area contributed by atoms with Crippen LogP contribution in [0.1, 0.15) is 27.7 Å². The molecule has 25 heavy (non-hydrogen) atoms. The molecule has 6 nitrogen and oxygen atoms in total. The third-order valence-corrected chi connectivity index (χ3v) is 5.57. The van der Waals surface area contributed by atoms with Crippen LogP contribution in [0.2, 0.25) is 0 Å². The molecule has 0 N–H and O–H groups in total. The van der Waals surface area contributed by atoms with Crippen molar-refractivity contribution in [3.05, 3.63) is 36.9 Å². The first-order valence-corrected chi connectivity index (χ1v) is 9.65. The molecule has 1 amide bonds. The third kappa shape index (κ3) is 5.31. The van der Waals surface area contributed by atoms with Gasteiger partial charge in [0.25, 0.3) is 0 Å². The lowest BCUT2D eigenvalue weighted by atomic mass is 10.2. The number of carbonyl (C=O) groups excluding carboxylic acids is 1. The fourth-order valence-electron chi connectivity index (χ4n) is 2.69. The molecule has 0 radical (unpaired) electrons. The Kier molecular flexibility index (Phi) is 7.63. The van der Waals surface area contributed by atoms with Gasteiger partial charge in [-0.1, -0.05) is 6.08 Å². The normalized spacial score (nSPS) is 11.8. The van der Waals surface area contributed by atoms with E-state index in [0.717, 1.165) is 4.31 Å². The molecule has 0 aliphatic carbocycles. The van der Waals surface area contributed by atoms with Gasteiger partial charge in [0, 0.05) is 18.6 Å². The Morgan fingerprint density at radius 1 is 1.16 bits per heavy atom. The molecule has 0 saturated heterocycles. The average Bonchev–Trinajstić information content (AvgIpc) is 2.53. The number of methoxy groups -OCH3 is 1. The molecule has 140 valence electrons. The van der Waals surface area contributed by atoms with Gasteiger partial charge in [-0.05, 0) is 52.0 Å². The number of ether oxygens (including phenoxy) is 1. The average molecular weight is 368 g/mol. The van der Waals surface area contributed by atoms with Crippen LogP contribution in [-0.4, -0.2) is 55.8 Å². The van der Waals surface area contributed by atoms with Crippen molar-refractivity contribution in [3.63, 3.8) is 0 Å². The largest absolute Gasteiger partial charge is 0.497 e. The lowest BCUT2D eigenvalue weighted by molar-refractivity contribution is -0.134. The Morgan fingerprint density at radius 2 is 1.68 bits per heavy atom. The SMILES string of the molecule is C=CCN(CC(=O)N(C(C)C)C(C)C)S(=O)(=O)c1ccc(OC)cc1. The Labute approximate surface area is 151 Å². The van der Waals surface area contributed by atoms with Crippen molar-refractivity contribution in [2.45, 2.75) is 44.7 Å². The van der Waals surface area contributed by atoms with Crippen molar-refractivity contribution < 1.29 is 17.9 Å². The Morgan fingerprint density at radius 3 is 2.08 bits per heavy atom. The van der Waals surface area contributed by atoms with Crippen molar-refractivity contribution in [2.24, 2.45) is 0 Å². The van der Waals surface area contributed by atoms with Gasteiger partial charge >= 0.3 is 0 Å². The second-order valence-corrected chi connectivity index (χ2v) is 8.19. The molecule has 0 bridgehead atoms. The summed E-state index contributed by atoms with van der Waals surface area (Å²) in [5, 5.41) is 0. The monoisotopic (exact) mass is 368 g/mol. The van der Waals surface area contributed by atoms with Crippen LogP contribution in [0.25, 0.3) is 0 Å². The zero-order valence-electron chi connectivity index (χ0n) is 15.6. The van der Waals surface area contributed by atoms with Crippen LogP contribution >= 0.6 is 0 Å². The van der Waals surface area contributed by atoms with Crippen LogP contribution in [0, 0.1) is 0 Å². The van der Waals surface area contributed by atoms with Gasteiger partial charge in [-0.3, -0.25) is 4.79 Å². The van der Waals surface area contributed by atoms with Gasteiger partial charge in [-0.15, -0.1) is 6.58 Å². The summed E-state index contributed by atoms with van der Waals surface area (Å²) < 4.78 is 32.0. The Bertz CT molecular complexity index is 674. The summed E-state index contributed by atoms with van der Waals surface area (Å²) in [6.07, 6.45) is 1.48. The molecule has 1 rings (SSSR count). The highest BCUT2D eigenvalue weighted by Crippen LogP contribution is 2.20. The van der Waals surface area contributed by atoms with E-state index < -0.39 is 10.0 Å². The van der Waals surface area contributed by atoms with Gasteiger partial charge in [0.1, 0.15) is 5.75 Å². The summed E-state index contributed by atoms with van der Waals surface area (Å²) in [4.78, 5) is 14.4. The van der Waals surface area contributed by atoms with Gasteiger partial charge in [0.15, 0.2) is 0 Å². The number of benzene rings is 1. The molecule has 0 spiro atoms. The molecule has 0 unspecified atom stereocenters. The highest BCUT2D eigenvalue weighted by atomic mass is 32.2. The Hall–Kier alpha value is -1.86. The number of nitrogens with zero attached hydrogens (tertiary/aromatic N) is 2. The molecule has 0 aliphatic rings. The van der Waals surface area contributed by atoms with E-state index in [9.17, 15) is 13.2 Å². The van der Waals surface area contributed by atoms with Crippen molar-refractivity contribution in [1.29, 1.82) is 0 Å². The summed E-state index contributed by atoms with van der Waals surface area (Å²) in [5.74, 6) is 0.333. The van der Waals surface area contributed by atoms with Crippen molar-refractivity contribution in [3.8, 4) is 5.75 Å². The summed E-state index contributed by atoms with van der Waals surface area (Å²) in [6, 6.07) is 6.07. The maximum absolute atomic E-state index is 12.9. The van der Waals surface area contributed by atoms with Crippen LogP contribution < -0.4 is 4.74 Å². The first-order valence-electron chi connectivity index (χ1n) is 8.21. The second kappa shape index (κ2) is 9.01. The van der Waals surface area contributed by atoms with E-state index in [-0.39, 0.29) is 36.0 Å². The maximum atomic E-state index is 12.9. The summed E-state index contributed by atoms with van der Waals surface area (Å²) in [7, 11) is -2.30. The van der Waals surface area contributed by atoms with Gasteiger partial charge in [0.2, 0.25) is 15.9 Å². The number of rotatable bonds is 9. The lowest BCUT2D eigenvalue weighted by Gasteiger charge is -2.32. The molecule has 0 atom stereocenters. The maximum Gasteiger partial charge on any atom is 0.243 e. The van der Waals surface area contributed by atoms with Gasteiger partial charge in [0.05, 0.1) is 18.6 Å². The lowest BCUT2D eigenvalue weighted by Crippen LogP contribution is -2.48. The molecule has 0 heterocycles. The minimum absolute atomic E-state index is 0.0122. The number of hydrogen-bond donors (Lipinski definition) is 0. The summed E-state index contributed by atoms with van der Waals surface area (Å²) in [6.45, 7) is 11.1. The van der Waals surface area contributed by atoms with Gasteiger partial charge in [-0.2, -0.15) is 4.31 Å². The molecule has 1 aromatic rings. The van der Waals surface area contributed by atoms with Crippen LogP contribution in [-0.2, 0) is 14.8 Å². The van der Waals surface area contributed by atoms with E-state index in [4.69, 9.17) is 4.74 Å². The van der Waals surface area contributed by atoms with E-state index in [2.05, 4.69) is 6.58 Å². The smallest absolute Gasteiger partial charge is 0.243 e. The highest BCUT2D eigenvalue weighted by Gasteiger charge is 2.29. The molecular formula is C18H28N2O4S. The number of carbonyl (C=O) groups is 1. The van der Waals surface area contributed by atoms with E-state index in [1.54, 1.807) is 17.0 Å². The standard InChI is InChI=1S/C18H28N2O4S/c1-7-12-19(13-18(21)20(14(2)3)15(4)5)25(22,23)17-10-8-16(24-6)9-11-17/h7-11,14-15H,1,12-13H2,2-6H3. The molecule has 7 heteroatoms. The number of amides is 1. The predicted molar refractivity (Wildman–Crippen MR) is 99.1 cm³/mol. The van der Waals surface area contributed by atoms with Crippen LogP contribution in [0.15, 0.2) is 41.8 Å². The van der Waals surface area contributed by atoms with Gasteiger partial charge in [-0.25, -0.2) is 8.42 Å². The third-order valence-electron chi connectivity index (χ3n) is 3.74. The quantitative estimate of drug-likeness (QED) is 0.628. The summed E-state index contributed by atoms with van der Waals surface area (Å²) in [5.41, 5.74) is 0. The van der Waals surface area contributed by atoms with Crippen molar-refractivity contribution in [1.82, 2.24) is 9.21 Å². The van der Waals surface area contributed by atoms with E-state index in [1.165, 1.54) is 25.3 Å². The topological polar surface area (TPSA) is 66.9 Å². The highest BCUT2D eigenvalue weighted by molar-refractivity contribution is 7.89. The molecular weight excluding hydrogens is 340 g/mol. The van der Waals surface area contributed by atoms with Crippen LogP contribution in [0.4, 0.5) is 0 Å². The van der Waals surface area contributed by atoms with E-state index >= 15 is 0 Å². The Balaban J connectivity index is 3.12. The fourth-order valence-corrected chi connectivity index (χ4v) is 4.05. The molecule has 0 fully saturated rings. The van der Waals surface area contributed by atoms with Crippen LogP contribution in [0.5, 0.6) is 5.75 Å². The van der Waals surface area contributed by atoms with Crippen molar-refractivity contribution >= 4 is 15.9 Å². The first-order chi connectivity index (χ1) is 11.6. The number of sulfonamides is 1. The molecule has 0 saturated carbocycles. The number of hydrogen-bond acceptors (Lipinski definition) is 4. The zero-order valence-corrected chi connectivity index (χ0v) is 16.4. The van der Waals surface area contributed by atoms with Gasteiger partial charge < -0.3 is 9.64 Å². The van der Waals surface area contributed by atoms with Crippen molar-refractivity contribution in [2.75, 3.05) is 20.2 Å². The molecule has 1 aromatic carbocycles. The minimum Gasteiger partial charge on any atom is -0.497 e. The molecule has 0 aliphatic heterocycles. The van der Waals surface area contributed by atoms with E-state index in [1.807, 2.05) is 27.7 Å². The van der Waals surface area contributed by atoms with Crippen LogP contribution in [0.3, 0.4) is 0 Å². The first kappa shape index (κ1) is 21.2.